The summed E-state index contributed by atoms with van der Waals surface area (Å²) in [5.74, 6) is -1.22. The van der Waals surface area contributed by atoms with Gasteiger partial charge in [-0.15, -0.1) is 11.6 Å². The van der Waals surface area contributed by atoms with E-state index in [9.17, 15) is 14.4 Å². The first-order chi connectivity index (χ1) is 15.7. The summed E-state index contributed by atoms with van der Waals surface area (Å²) in [6.07, 6.45) is 2.20. The van der Waals surface area contributed by atoms with Crippen LogP contribution < -0.4 is 22.5 Å². The molecule has 2 fully saturated rings. The number of alkyl halides is 1. The second kappa shape index (κ2) is 11.0. The summed E-state index contributed by atoms with van der Waals surface area (Å²) in [6, 6.07) is 8.11. The topological polar surface area (TPSA) is 160 Å². The Morgan fingerprint density at radius 1 is 1.24 bits per heavy atom. The molecule has 1 aromatic carbocycles. The molecule has 2 aliphatic rings. The standard InChI is InChI=1S/C22H32ClN7O3/c23-14-18(31)16(7-4-10-27-21(24)25)28-19(32)17-8-11-29-12-9-22(26,20(33)30(17)29)13-15-5-2-1-3-6-15/h1-3,5-6,16-17H,4,7-14,26H2,(H,28,32)(H4,24,25,27)/t16?,17-,22+/m0/s1. The third kappa shape index (κ3) is 6.01. The molecule has 0 aromatic heterocycles. The van der Waals surface area contributed by atoms with Crippen LogP contribution in [0.3, 0.4) is 0 Å². The van der Waals surface area contributed by atoms with Crippen LogP contribution in [0.4, 0.5) is 0 Å². The van der Waals surface area contributed by atoms with E-state index in [0.29, 0.717) is 51.7 Å². The molecule has 1 unspecified atom stereocenters. The summed E-state index contributed by atoms with van der Waals surface area (Å²) in [5, 5.41) is 6.15. The fraction of sp³-hybridized carbons (Fsp3) is 0.545. The predicted octanol–water partition coefficient (Wildman–Crippen LogP) is -0.505. The summed E-state index contributed by atoms with van der Waals surface area (Å²) in [5.41, 5.74) is 17.1. The zero-order chi connectivity index (χ0) is 24.0. The highest BCUT2D eigenvalue weighted by molar-refractivity contribution is 6.28. The number of hydrazine groups is 1. The zero-order valence-electron chi connectivity index (χ0n) is 18.6. The Morgan fingerprint density at radius 3 is 2.64 bits per heavy atom. The quantitative estimate of drug-likeness (QED) is 0.153. The molecule has 3 atom stereocenters. The Bertz CT molecular complexity index is 893. The Hall–Kier alpha value is -2.69. The zero-order valence-corrected chi connectivity index (χ0v) is 19.3. The molecule has 33 heavy (non-hydrogen) atoms. The molecule has 2 heterocycles. The van der Waals surface area contributed by atoms with Gasteiger partial charge in [-0.25, -0.2) is 5.01 Å². The van der Waals surface area contributed by atoms with Crippen molar-refractivity contribution in [2.24, 2.45) is 22.2 Å². The Morgan fingerprint density at radius 2 is 1.97 bits per heavy atom. The molecule has 0 radical (unpaired) electrons. The van der Waals surface area contributed by atoms with Crippen molar-refractivity contribution in [2.75, 3.05) is 25.5 Å². The molecule has 0 bridgehead atoms. The fourth-order valence-corrected chi connectivity index (χ4v) is 4.58. The van der Waals surface area contributed by atoms with Gasteiger partial charge in [0.2, 0.25) is 5.91 Å². The van der Waals surface area contributed by atoms with Crippen molar-refractivity contribution in [3.05, 3.63) is 35.9 Å². The van der Waals surface area contributed by atoms with Crippen LogP contribution in [-0.4, -0.2) is 76.7 Å². The lowest BCUT2D eigenvalue weighted by Gasteiger charge is -2.44. The van der Waals surface area contributed by atoms with Gasteiger partial charge in [-0.2, -0.15) is 0 Å². The maximum atomic E-state index is 13.5. The highest BCUT2D eigenvalue weighted by atomic mass is 35.5. The molecule has 2 aliphatic heterocycles. The average molecular weight is 478 g/mol. The molecular weight excluding hydrogens is 446 g/mol. The van der Waals surface area contributed by atoms with Gasteiger partial charge in [-0.05, 0) is 37.7 Å². The van der Waals surface area contributed by atoms with Gasteiger partial charge in [-0.3, -0.25) is 24.4 Å². The van der Waals surface area contributed by atoms with Gasteiger partial charge in [0.1, 0.15) is 11.6 Å². The summed E-state index contributed by atoms with van der Waals surface area (Å²) in [7, 11) is 0. The molecule has 10 nitrogen and oxygen atoms in total. The first-order valence-electron chi connectivity index (χ1n) is 11.1. The molecule has 7 N–H and O–H groups in total. The smallest absolute Gasteiger partial charge is 0.258 e. The summed E-state index contributed by atoms with van der Waals surface area (Å²) in [6.45, 7) is 1.49. The van der Waals surface area contributed by atoms with Crippen LogP contribution in [0.1, 0.15) is 31.2 Å². The second-order valence-corrected chi connectivity index (χ2v) is 8.85. The van der Waals surface area contributed by atoms with Gasteiger partial charge in [-0.1, -0.05) is 30.3 Å². The van der Waals surface area contributed by atoms with Gasteiger partial charge in [0, 0.05) is 19.6 Å². The first kappa shape index (κ1) is 24.9. The van der Waals surface area contributed by atoms with Gasteiger partial charge < -0.3 is 22.5 Å². The van der Waals surface area contributed by atoms with Crippen molar-refractivity contribution >= 4 is 35.2 Å². The number of fused-ring (bicyclic) bond motifs is 1. The maximum absolute atomic E-state index is 13.5. The van der Waals surface area contributed by atoms with Crippen molar-refractivity contribution in [1.29, 1.82) is 0 Å². The fourth-order valence-electron chi connectivity index (χ4n) is 4.40. The molecule has 0 saturated carbocycles. The lowest BCUT2D eigenvalue weighted by Crippen LogP contribution is -2.67. The summed E-state index contributed by atoms with van der Waals surface area (Å²) >= 11 is 5.74. The molecule has 3 rings (SSSR count). The van der Waals surface area contributed by atoms with Crippen LogP contribution in [0.2, 0.25) is 0 Å². The number of rotatable bonds is 10. The Balaban J connectivity index is 1.69. The molecule has 11 heteroatoms. The number of Topliss-reactive ketones (excluding diaryl/α,β-unsaturated/α-hetero) is 1. The number of ketones is 1. The highest BCUT2D eigenvalue weighted by Crippen LogP contribution is 2.31. The molecule has 0 aliphatic carbocycles. The third-order valence-corrected chi connectivity index (χ3v) is 6.42. The summed E-state index contributed by atoms with van der Waals surface area (Å²) < 4.78 is 0. The lowest BCUT2D eigenvalue weighted by molar-refractivity contribution is -0.165. The van der Waals surface area contributed by atoms with Gasteiger partial charge >= 0.3 is 0 Å². The van der Waals surface area contributed by atoms with Crippen molar-refractivity contribution in [1.82, 2.24) is 15.3 Å². The highest BCUT2D eigenvalue weighted by Gasteiger charge is 2.51. The Kier molecular flexibility index (Phi) is 8.28. The van der Waals surface area contributed by atoms with Crippen LogP contribution in [0.15, 0.2) is 35.3 Å². The molecule has 180 valence electrons. The number of aliphatic imine (C=N–C) groups is 1. The van der Waals surface area contributed by atoms with Crippen molar-refractivity contribution in [2.45, 2.75) is 49.7 Å². The van der Waals surface area contributed by atoms with Crippen LogP contribution in [0.5, 0.6) is 0 Å². The molecule has 0 spiro atoms. The van der Waals surface area contributed by atoms with Crippen LogP contribution in [0, 0.1) is 0 Å². The third-order valence-electron chi connectivity index (χ3n) is 6.16. The number of nitrogens with one attached hydrogen (secondary N) is 1. The van der Waals surface area contributed by atoms with Crippen LogP contribution >= 0.6 is 11.6 Å². The molecule has 1 aromatic rings. The van der Waals surface area contributed by atoms with E-state index in [-0.39, 0.29) is 29.4 Å². The summed E-state index contributed by atoms with van der Waals surface area (Å²) in [4.78, 5) is 42.8. The average Bonchev–Trinajstić information content (AvgIpc) is 3.23. The normalized spacial score (nSPS) is 23.6. The van der Waals surface area contributed by atoms with E-state index in [1.165, 1.54) is 5.01 Å². The van der Waals surface area contributed by atoms with Gasteiger partial charge in [0.15, 0.2) is 11.7 Å². The van der Waals surface area contributed by atoms with E-state index in [1.54, 1.807) is 0 Å². The van der Waals surface area contributed by atoms with Crippen LogP contribution in [-0.2, 0) is 20.8 Å². The number of amides is 2. The number of hydrogen-bond acceptors (Lipinski definition) is 6. The minimum absolute atomic E-state index is 0.0327. The van der Waals surface area contributed by atoms with E-state index < -0.39 is 17.6 Å². The monoisotopic (exact) mass is 477 g/mol. The molecular formula is C22H32ClN7O3. The first-order valence-corrected chi connectivity index (χ1v) is 11.6. The minimum atomic E-state index is -1.09. The van der Waals surface area contributed by atoms with Crippen LogP contribution in [0.25, 0.3) is 0 Å². The number of carbonyl (C=O) groups is 3. The predicted molar refractivity (Wildman–Crippen MR) is 126 cm³/mol. The van der Waals surface area contributed by atoms with Gasteiger partial charge in [0.05, 0.1) is 11.9 Å². The second-order valence-electron chi connectivity index (χ2n) is 8.59. The van der Waals surface area contributed by atoms with E-state index in [1.807, 2.05) is 35.3 Å². The van der Waals surface area contributed by atoms with E-state index in [4.69, 9.17) is 28.8 Å². The number of carbonyl (C=O) groups excluding carboxylic acids is 3. The van der Waals surface area contributed by atoms with E-state index >= 15 is 0 Å². The number of halogens is 1. The number of guanidine groups is 1. The van der Waals surface area contributed by atoms with E-state index in [0.717, 1.165) is 5.56 Å². The van der Waals surface area contributed by atoms with Crippen molar-refractivity contribution in [3.8, 4) is 0 Å². The van der Waals surface area contributed by atoms with Crippen molar-refractivity contribution < 1.29 is 14.4 Å². The van der Waals surface area contributed by atoms with Crippen molar-refractivity contribution in [3.63, 3.8) is 0 Å². The number of benzene rings is 1. The minimum Gasteiger partial charge on any atom is -0.370 e. The molecule has 2 saturated heterocycles. The number of nitrogens with zero attached hydrogens (tertiary/aromatic N) is 3. The molecule has 2 amide bonds. The number of hydrogen-bond donors (Lipinski definition) is 4. The SMILES string of the molecule is NC(N)=NCCCC(NC(=O)[C@@H]1CCN2CC[C@@](N)(Cc3ccccc3)C(=O)N12)C(=O)CCl. The lowest BCUT2D eigenvalue weighted by atomic mass is 9.85. The largest absolute Gasteiger partial charge is 0.370 e. The number of nitrogens with two attached hydrogens (primary N) is 3. The van der Waals surface area contributed by atoms with Gasteiger partial charge in [0.25, 0.3) is 5.91 Å². The van der Waals surface area contributed by atoms with E-state index in [2.05, 4.69) is 10.3 Å². The Labute approximate surface area is 198 Å². The maximum Gasteiger partial charge on any atom is 0.258 e.